The summed E-state index contributed by atoms with van der Waals surface area (Å²) in [5.41, 5.74) is 3.07. The third-order valence-corrected chi connectivity index (χ3v) is 5.33. The maximum absolute atomic E-state index is 12.6. The molecule has 1 fully saturated rings. The highest BCUT2D eigenvalue weighted by molar-refractivity contribution is 9.10. The fourth-order valence-corrected chi connectivity index (χ4v) is 3.79. The van der Waals surface area contributed by atoms with Crippen LogP contribution in [0, 0.1) is 5.92 Å². The summed E-state index contributed by atoms with van der Waals surface area (Å²) < 4.78 is 1.03. The Morgan fingerprint density at radius 1 is 1.27 bits per heavy atom. The molecule has 2 heterocycles. The van der Waals surface area contributed by atoms with E-state index in [1.165, 1.54) is 0 Å². The van der Waals surface area contributed by atoms with E-state index in [-0.39, 0.29) is 11.8 Å². The SMILES string of the molecule is O=C(NCc1ccccc1)[C@@H]1CCCN(c2nc3ccc(Br)cc3[nH]2)C1. The molecule has 1 atom stereocenters. The number of H-pyrrole nitrogens is 1. The predicted molar refractivity (Wildman–Crippen MR) is 107 cm³/mol. The summed E-state index contributed by atoms with van der Waals surface area (Å²) in [4.78, 5) is 22.8. The molecule has 1 aromatic heterocycles. The Labute approximate surface area is 160 Å². The molecular formula is C20H21BrN4O. The van der Waals surface area contributed by atoms with Crippen LogP contribution in [0.1, 0.15) is 18.4 Å². The van der Waals surface area contributed by atoms with Gasteiger partial charge in [-0.3, -0.25) is 4.79 Å². The van der Waals surface area contributed by atoms with Crippen LogP contribution < -0.4 is 10.2 Å². The third kappa shape index (κ3) is 3.75. The first-order valence-electron chi connectivity index (χ1n) is 8.91. The molecule has 26 heavy (non-hydrogen) atoms. The molecule has 2 aromatic carbocycles. The molecule has 3 aromatic rings. The first kappa shape index (κ1) is 17.1. The molecule has 2 N–H and O–H groups in total. The smallest absolute Gasteiger partial charge is 0.225 e. The van der Waals surface area contributed by atoms with Crippen molar-refractivity contribution >= 4 is 38.8 Å². The van der Waals surface area contributed by atoms with Gasteiger partial charge in [0.1, 0.15) is 0 Å². The van der Waals surface area contributed by atoms with Gasteiger partial charge in [0.05, 0.1) is 17.0 Å². The lowest BCUT2D eigenvalue weighted by atomic mass is 9.97. The van der Waals surface area contributed by atoms with Gasteiger partial charge in [-0.05, 0) is 36.6 Å². The van der Waals surface area contributed by atoms with Crippen molar-refractivity contribution in [1.82, 2.24) is 15.3 Å². The van der Waals surface area contributed by atoms with Crippen LogP contribution in [0.3, 0.4) is 0 Å². The quantitative estimate of drug-likeness (QED) is 0.683. The number of hydrogen-bond acceptors (Lipinski definition) is 3. The molecule has 0 bridgehead atoms. The molecular weight excluding hydrogens is 392 g/mol. The van der Waals surface area contributed by atoms with Crippen molar-refractivity contribution in [2.75, 3.05) is 18.0 Å². The van der Waals surface area contributed by atoms with Crippen LogP contribution in [-0.2, 0) is 11.3 Å². The van der Waals surface area contributed by atoms with E-state index in [9.17, 15) is 4.79 Å². The lowest BCUT2D eigenvalue weighted by Gasteiger charge is -2.31. The normalized spacial score (nSPS) is 17.4. The van der Waals surface area contributed by atoms with Gasteiger partial charge >= 0.3 is 0 Å². The number of rotatable bonds is 4. The Balaban J connectivity index is 1.42. The molecule has 5 nitrogen and oxygen atoms in total. The fraction of sp³-hybridized carbons (Fsp3) is 0.300. The van der Waals surface area contributed by atoms with Gasteiger partial charge in [-0.15, -0.1) is 0 Å². The Kier molecular flexibility index (Phi) is 4.93. The van der Waals surface area contributed by atoms with Crippen molar-refractivity contribution in [3.63, 3.8) is 0 Å². The number of aromatic amines is 1. The van der Waals surface area contributed by atoms with E-state index in [0.29, 0.717) is 13.1 Å². The van der Waals surface area contributed by atoms with Crippen LogP contribution in [0.4, 0.5) is 5.95 Å². The molecule has 0 spiro atoms. The summed E-state index contributed by atoms with van der Waals surface area (Å²) in [5, 5.41) is 3.07. The number of piperidine rings is 1. The van der Waals surface area contributed by atoms with Gasteiger partial charge in [0.2, 0.25) is 11.9 Å². The van der Waals surface area contributed by atoms with Crippen LogP contribution in [0.25, 0.3) is 11.0 Å². The highest BCUT2D eigenvalue weighted by atomic mass is 79.9. The number of nitrogens with zero attached hydrogens (tertiary/aromatic N) is 2. The molecule has 0 radical (unpaired) electrons. The number of fused-ring (bicyclic) bond motifs is 1. The topological polar surface area (TPSA) is 61.0 Å². The predicted octanol–water partition coefficient (Wildman–Crippen LogP) is 3.86. The van der Waals surface area contributed by atoms with Crippen LogP contribution >= 0.6 is 15.9 Å². The monoisotopic (exact) mass is 412 g/mol. The molecule has 1 saturated heterocycles. The summed E-state index contributed by atoms with van der Waals surface area (Å²) >= 11 is 3.49. The third-order valence-electron chi connectivity index (χ3n) is 4.83. The molecule has 0 saturated carbocycles. The molecule has 1 aliphatic heterocycles. The fourth-order valence-electron chi connectivity index (χ4n) is 3.43. The summed E-state index contributed by atoms with van der Waals surface area (Å²) in [6.45, 7) is 2.19. The van der Waals surface area contributed by atoms with Gasteiger partial charge in [-0.1, -0.05) is 46.3 Å². The minimum atomic E-state index is -0.00703. The Morgan fingerprint density at radius 2 is 2.12 bits per heavy atom. The zero-order valence-corrected chi connectivity index (χ0v) is 16.0. The molecule has 1 amide bonds. The lowest BCUT2D eigenvalue weighted by molar-refractivity contribution is -0.125. The van der Waals surface area contributed by atoms with E-state index in [1.54, 1.807) is 0 Å². The molecule has 0 aliphatic carbocycles. The second-order valence-corrected chi connectivity index (χ2v) is 7.63. The number of aromatic nitrogens is 2. The highest BCUT2D eigenvalue weighted by Crippen LogP contribution is 2.25. The van der Waals surface area contributed by atoms with Crippen molar-refractivity contribution in [1.29, 1.82) is 0 Å². The Bertz CT molecular complexity index is 909. The maximum Gasteiger partial charge on any atom is 0.225 e. The van der Waals surface area contributed by atoms with E-state index >= 15 is 0 Å². The molecule has 6 heteroatoms. The Hall–Kier alpha value is -2.34. The zero-order chi connectivity index (χ0) is 17.9. The molecule has 0 unspecified atom stereocenters. The van der Waals surface area contributed by atoms with Crippen molar-refractivity contribution in [2.24, 2.45) is 5.92 Å². The van der Waals surface area contributed by atoms with Gasteiger partial charge in [0.15, 0.2) is 0 Å². The second-order valence-electron chi connectivity index (χ2n) is 6.71. The van der Waals surface area contributed by atoms with Crippen molar-refractivity contribution < 1.29 is 4.79 Å². The number of imidazole rings is 1. The summed E-state index contributed by atoms with van der Waals surface area (Å²) in [7, 11) is 0. The number of nitrogens with one attached hydrogen (secondary N) is 2. The number of halogens is 1. The van der Waals surface area contributed by atoms with E-state index < -0.39 is 0 Å². The van der Waals surface area contributed by atoms with Gasteiger partial charge in [0.25, 0.3) is 0 Å². The van der Waals surface area contributed by atoms with Crippen LogP contribution in [0.2, 0.25) is 0 Å². The van der Waals surface area contributed by atoms with E-state index in [1.807, 2.05) is 48.5 Å². The van der Waals surface area contributed by atoms with E-state index in [4.69, 9.17) is 0 Å². The van der Waals surface area contributed by atoms with Gasteiger partial charge < -0.3 is 15.2 Å². The van der Waals surface area contributed by atoms with Crippen LogP contribution in [0.5, 0.6) is 0 Å². The number of benzene rings is 2. The highest BCUT2D eigenvalue weighted by Gasteiger charge is 2.27. The molecule has 1 aliphatic rings. The minimum Gasteiger partial charge on any atom is -0.352 e. The van der Waals surface area contributed by atoms with Crippen LogP contribution in [-0.4, -0.2) is 29.0 Å². The first-order valence-corrected chi connectivity index (χ1v) is 9.70. The minimum absolute atomic E-state index is 0.00703. The van der Waals surface area contributed by atoms with Crippen molar-refractivity contribution in [2.45, 2.75) is 19.4 Å². The number of amides is 1. The summed E-state index contributed by atoms with van der Waals surface area (Å²) in [6.07, 6.45) is 1.91. The number of carbonyl (C=O) groups is 1. The van der Waals surface area contributed by atoms with Crippen molar-refractivity contribution in [3.05, 3.63) is 58.6 Å². The maximum atomic E-state index is 12.6. The second kappa shape index (κ2) is 7.50. The average Bonchev–Trinajstić information content (AvgIpc) is 3.10. The zero-order valence-electron chi connectivity index (χ0n) is 14.4. The van der Waals surface area contributed by atoms with E-state index in [2.05, 4.69) is 36.1 Å². The standard InChI is InChI=1S/C20H21BrN4O/c21-16-8-9-17-18(11-16)24-20(23-17)25-10-4-7-15(13-25)19(26)22-12-14-5-2-1-3-6-14/h1-3,5-6,8-9,11,15H,4,7,10,12-13H2,(H,22,26)(H,23,24)/t15-/m1/s1. The van der Waals surface area contributed by atoms with E-state index in [0.717, 1.165) is 46.4 Å². The Morgan fingerprint density at radius 3 is 2.96 bits per heavy atom. The largest absolute Gasteiger partial charge is 0.352 e. The summed E-state index contributed by atoms with van der Waals surface area (Å²) in [5.74, 6) is 0.962. The average molecular weight is 413 g/mol. The van der Waals surface area contributed by atoms with Gasteiger partial charge in [-0.25, -0.2) is 4.98 Å². The van der Waals surface area contributed by atoms with Gasteiger partial charge in [-0.2, -0.15) is 0 Å². The number of hydrogen-bond donors (Lipinski definition) is 2. The van der Waals surface area contributed by atoms with Gasteiger partial charge in [0, 0.05) is 24.1 Å². The number of carbonyl (C=O) groups excluding carboxylic acids is 1. The lowest BCUT2D eigenvalue weighted by Crippen LogP contribution is -2.43. The first-order chi connectivity index (χ1) is 12.7. The molecule has 134 valence electrons. The molecule has 4 rings (SSSR count). The van der Waals surface area contributed by atoms with Crippen molar-refractivity contribution in [3.8, 4) is 0 Å². The number of anilines is 1. The summed E-state index contributed by atoms with van der Waals surface area (Å²) in [6, 6.07) is 16.0. The van der Waals surface area contributed by atoms with Crippen LogP contribution in [0.15, 0.2) is 53.0 Å².